The number of hydrogen-bond acceptors (Lipinski definition) is 5. The number of fused-ring (bicyclic) bond motifs is 1. The molecule has 1 aromatic rings. The number of thiophene rings is 1. The van der Waals surface area contributed by atoms with E-state index in [4.69, 9.17) is 11.6 Å². The summed E-state index contributed by atoms with van der Waals surface area (Å²) in [7, 11) is -3.51. The van der Waals surface area contributed by atoms with E-state index < -0.39 is 10.0 Å². The van der Waals surface area contributed by atoms with Crippen molar-refractivity contribution in [3.8, 4) is 0 Å². The lowest BCUT2D eigenvalue weighted by Gasteiger charge is -2.49. The smallest absolute Gasteiger partial charge is 0.252 e. The number of aliphatic hydroxyl groups excluding tert-OH is 1. The van der Waals surface area contributed by atoms with Gasteiger partial charge in [0.15, 0.2) is 0 Å². The minimum Gasteiger partial charge on any atom is -0.396 e. The quantitative estimate of drug-likeness (QED) is 0.867. The van der Waals surface area contributed by atoms with E-state index in [-0.39, 0.29) is 22.3 Å². The van der Waals surface area contributed by atoms with Gasteiger partial charge < -0.3 is 10.4 Å². The van der Waals surface area contributed by atoms with Gasteiger partial charge in [-0.05, 0) is 37.9 Å². The molecule has 0 bridgehead atoms. The molecular weight excluding hydrogens is 332 g/mol. The fourth-order valence-electron chi connectivity index (χ4n) is 3.42. The average Bonchev–Trinajstić information content (AvgIpc) is 2.94. The first-order valence-corrected chi connectivity index (χ1v) is 9.71. The molecule has 3 heterocycles. The van der Waals surface area contributed by atoms with Gasteiger partial charge in [-0.2, -0.15) is 4.31 Å². The number of halogens is 1. The first-order valence-electron chi connectivity index (χ1n) is 7.08. The molecule has 21 heavy (non-hydrogen) atoms. The van der Waals surface area contributed by atoms with Crippen LogP contribution in [0.25, 0.3) is 0 Å². The second-order valence-corrected chi connectivity index (χ2v) is 9.70. The SMILES string of the molecule is O=S(=O)(c1ccc(Cl)s1)N1CCC2NCCCC2(CO)C1. The molecule has 8 heteroatoms. The van der Waals surface area contributed by atoms with E-state index >= 15 is 0 Å². The van der Waals surface area contributed by atoms with Crippen LogP contribution in [0.1, 0.15) is 19.3 Å². The van der Waals surface area contributed by atoms with Crippen LogP contribution in [-0.4, -0.2) is 50.1 Å². The first-order chi connectivity index (χ1) is 9.98. The number of nitrogens with one attached hydrogen (secondary N) is 1. The number of hydrogen-bond donors (Lipinski definition) is 2. The maximum Gasteiger partial charge on any atom is 0.252 e. The Morgan fingerprint density at radius 3 is 3.00 bits per heavy atom. The van der Waals surface area contributed by atoms with Crippen molar-refractivity contribution in [3.63, 3.8) is 0 Å². The van der Waals surface area contributed by atoms with E-state index in [1.807, 2.05) is 0 Å². The zero-order valence-electron chi connectivity index (χ0n) is 11.6. The first kappa shape index (κ1) is 15.7. The summed E-state index contributed by atoms with van der Waals surface area (Å²) in [4.78, 5) is 0. The van der Waals surface area contributed by atoms with Gasteiger partial charge in [0.1, 0.15) is 4.21 Å². The Morgan fingerprint density at radius 1 is 1.52 bits per heavy atom. The van der Waals surface area contributed by atoms with Gasteiger partial charge in [0.25, 0.3) is 10.0 Å². The molecule has 2 aliphatic rings. The Hall–Kier alpha value is -0.180. The molecule has 0 aliphatic carbocycles. The highest BCUT2D eigenvalue weighted by Crippen LogP contribution is 2.39. The largest absolute Gasteiger partial charge is 0.396 e. The van der Waals surface area contributed by atoms with Crippen molar-refractivity contribution in [2.75, 3.05) is 26.2 Å². The van der Waals surface area contributed by atoms with Crippen LogP contribution in [0.2, 0.25) is 4.34 Å². The summed E-state index contributed by atoms with van der Waals surface area (Å²) >= 11 is 6.94. The fraction of sp³-hybridized carbons (Fsp3) is 0.692. The number of aliphatic hydroxyl groups is 1. The van der Waals surface area contributed by atoms with E-state index in [1.165, 1.54) is 4.31 Å². The Kier molecular flexibility index (Phi) is 4.33. The molecule has 5 nitrogen and oxygen atoms in total. The van der Waals surface area contributed by atoms with Crippen LogP contribution >= 0.6 is 22.9 Å². The monoisotopic (exact) mass is 350 g/mol. The highest BCUT2D eigenvalue weighted by atomic mass is 35.5. The van der Waals surface area contributed by atoms with E-state index in [9.17, 15) is 13.5 Å². The van der Waals surface area contributed by atoms with Crippen LogP contribution < -0.4 is 5.32 Å². The number of rotatable bonds is 3. The van der Waals surface area contributed by atoms with Crippen LogP contribution in [0.15, 0.2) is 16.3 Å². The van der Waals surface area contributed by atoms with Gasteiger partial charge in [-0.15, -0.1) is 11.3 Å². The maximum atomic E-state index is 12.7. The molecule has 2 N–H and O–H groups in total. The van der Waals surface area contributed by atoms with Crippen molar-refractivity contribution >= 4 is 33.0 Å². The standard InChI is InChI=1S/C13H19ClN2O3S2/c14-11-2-3-12(20-11)21(18,19)16-7-4-10-13(8-16,9-17)5-1-6-15-10/h2-3,10,15,17H,1,4-9H2. The Labute approximate surface area is 134 Å². The van der Waals surface area contributed by atoms with Crippen molar-refractivity contribution in [2.45, 2.75) is 29.5 Å². The molecule has 2 atom stereocenters. The number of piperidine rings is 2. The fourth-order valence-corrected chi connectivity index (χ4v) is 6.60. The molecule has 0 radical (unpaired) electrons. The van der Waals surface area contributed by atoms with Gasteiger partial charge in [-0.25, -0.2) is 8.42 Å². The molecule has 0 aromatic carbocycles. The summed E-state index contributed by atoms with van der Waals surface area (Å²) in [5, 5.41) is 13.3. The molecule has 0 spiro atoms. The van der Waals surface area contributed by atoms with Crippen LogP contribution in [0.5, 0.6) is 0 Å². The van der Waals surface area contributed by atoms with Crippen molar-refractivity contribution < 1.29 is 13.5 Å². The minimum atomic E-state index is -3.51. The van der Waals surface area contributed by atoms with Crippen molar-refractivity contribution in [1.29, 1.82) is 0 Å². The molecule has 2 aliphatic heterocycles. The summed E-state index contributed by atoms with van der Waals surface area (Å²) < 4.78 is 27.7. The highest BCUT2D eigenvalue weighted by Gasteiger charge is 2.47. The second-order valence-electron chi connectivity index (χ2n) is 5.82. The maximum absolute atomic E-state index is 12.7. The Morgan fingerprint density at radius 2 is 2.33 bits per heavy atom. The predicted octanol–water partition coefficient (Wildman–Crippen LogP) is 1.53. The van der Waals surface area contributed by atoms with Crippen molar-refractivity contribution in [3.05, 3.63) is 16.5 Å². The molecule has 3 rings (SSSR count). The van der Waals surface area contributed by atoms with E-state index in [1.54, 1.807) is 12.1 Å². The minimum absolute atomic E-state index is 0.0158. The van der Waals surface area contributed by atoms with E-state index in [0.29, 0.717) is 17.4 Å². The third-order valence-corrected chi connectivity index (χ3v) is 8.14. The summed E-state index contributed by atoms with van der Waals surface area (Å²) in [6.45, 7) is 1.82. The molecule has 2 saturated heterocycles. The summed E-state index contributed by atoms with van der Waals surface area (Å²) in [6, 6.07) is 3.37. The normalized spacial score (nSPS) is 31.0. The summed E-state index contributed by atoms with van der Waals surface area (Å²) in [5.41, 5.74) is -0.357. The molecule has 0 amide bonds. The second kappa shape index (κ2) is 5.79. The zero-order valence-corrected chi connectivity index (χ0v) is 14.0. The Bertz CT molecular complexity index is 619. The van der Waals surface area contributed by atoms with Gasteiger partial charge in [0.2, 0.25) is 0 Å². The molecule has 0 saturated carbocycles. The van der Waals surface area contributed by atoms with Crippen LogP contribution in [0.4, 0.5) is 0 Å². The lowest BCUT2D eigenvalue weighted by molar-refractivity contribution is 0.00553. The van der Waals surface area contributed by atoms with Gasteiger partial charge in [-0.1, -0.05) is 11.6 Å². The third-order valence-electron chi connectivity index (χ3n) is 4.60. The lowest BCUT2D eigenvalue weighted by Crippen LogP contribution is -2.61. The molecule has 118 valence electrons. The van der Waals surface area contributed by atoms with Gasteiger partial charge >= 0.3 is 0 Å². The van der Waals surface area contributed by atoms with Gasteiger partial charge in [0, 0.05) is 24.5 Å². The predicted molar refractivity (Wildman–Crippen MR) is 83.2 cm³/mol. The van der Waals surface area contributed by atoms with E-state index in [2.05, 4.69) is 5.32 Å². The molecule has 2 fully saturated rings. The third kappa shape index (κ3) is 2.75. The molecule has 1 aromatic heterocycles. The van der Waals surface area contributed by atoms with Crippen molar-refractivity contribution in [1.82, 2.24) is 9.62 Å². The number of nitrogens with zero attached hydrogens (tertiary/aromatic N) is 1. The highest BCUT2D eigenvalue weighted by molar-refractivity contribution is 7.91. The topological polar surface area (TPSA) is 69.6 Å². The van der Waals surface area contributed by atoms with Crippen LogP contribution in [-0.2, 0) is 10.0 Å². The zero-order chi connectivity index (χ0) is 15.1. The Balaban J connectivity index is 1.87. The van der Waals surface area contributed by atoms with Crippen molar-refractivity contribution in [2.24, 2.45) is 5.41 Å². The summed E-state index contributed by atoms with van der Waals surface area (Å²) in [5.74, 6) is 0. The summed E-state index contributed by atoms with van der Waals surface area (Å²) in [6.07, 6.45) is 2.56. The van der Waals surface area contributed by atoms with Crippen LogP contribution in [0, 0.1) is 5.41 Å². The van der Waals surface area contributed by atoms with Gasteiger partial charge in [0.05, 0.1) is 10.9 Å². The van der Waals surface area contributed by atoms with E-state index in [0.717, 1.165) is 37.1 Å². The lowest BCUT2D eigenvalue weighted by atomic mass is 9.71. The molecule has 2 unspecified atom stereocenters. The van der Waals surface area contributed by atoms with Gasteiger partial charge in [-0.3, -0.25) is 0 Å². The van der Waals surface area contributed by atoms with Crippen LogP contribution in [0.3, 0.4) is 0 Å². The molecular formula is C13H19ClN2O3S2. The number of sulfonamides is 1. The average molecular weight is 351 g/mol.